The Kier molecular flexibility index (Phi) is 9.04. The molecule has 1 saturated heterocycles. The number of hydrogen-bond acceptors (Lipinski definition) is 5. The summed E-state index contributed by atoms with van der Waals surface area (Å²) in [5.74, 6) is 1.62. The van der Waals surface area contributed by atoms with Crippen molar-refractivity contribution in [2.75, 3.05) is 32.8 Å². The highest BCUT2D eigenvalue weighted by atomic mass is 127. The van der Waals surface area contributed by atoms with Crippen molar-refractivity contribution in [2.24, 2.45) is 4.99 Å². The van der Waals surface area contributed by atoms with Crippen LogP contribution in [0.2, 0.25) is 0 Å². The summed E-state index contributed by atoms with van der Waals surface area (Å²) in [6, 6.07) is 14.6. The van der Waals surface area contributed by atoms with Crippen molar-refractivity contribution in [3.05, 3.63) is 65.6 Å². The van der Waals surface area contributed by atoms with Crippen LogP contribution in [0.15, 0.2) is 53.7 Å². The second kappa shape index (κ2) is 12.0. The summed E-state index contributed by atoms with van der Waals surface area (Å²) in [7, 11) is 0. The van der Waals surface area contributed by atoms with Crippen molar-refractivity contribution in [1.29, 1.82) is 0 Å². The van der Waals surface area contributed by atoms with Gasteiger partial charge in [0.25, 0.3) is 0 Å². The molecule has 0 unspecified atom stereocenters. The maximum Gasteiger partial charge on any atom is 0.191 e. The SMILES string of the molecule is CCNC(=NCc1ccc(CN2CCOCC2)cc1)NCc1nnc2ccccn12.I. The molecule has 0 amide bonds. The van der Waals surface area contributed by atoms with E-state index < -0.39 is 0 Å². The van der Waals surface area contributed by atoms with Crippen LogP contribution in [0.4, 0.5) is 0 Å². The Morgan fingerprint density at radius 2 is 1.81 bits per heavy atom. The monoisotopic (exact) mass is 535 g/mol. The van der Waals surface area contributed by atoms with Crippen LogP contribution in [0.5, 0.6) is 0 Å². The first-order chi connectivity index (χ1) is 14.8. The number of morpholine rings is 1. The normalized spacial score (nSPS) is 14.9. The molecule has 0 aliphatic carbocycles. The van der Waals surface area contributed by atoms with Gasteiger partial charge in [-0.25, -0.2) is 4.99 Å². The average molecular weight is 535 g/mol. The van der Waals surface area contributed by atoms with E-state index in [1.807, 2.05) is 28.8 Å². The fourth-order valence-electron chi connectivity index (χ4n) is 3.45. The van der Waals surface area contributed by atoms with Gasteiger partial charge in [-0.15, -0.1) is 34.2 Å². The lowest BCUT2D eigenvalue weighted by Gasteiger charge is -2.26. The van der Waals surface area contributed by atoms with Crippen LogP contribution in [0.3, 0.4) is 0 Å². The number of ether oxygens (including phenoxy) is 1. The van der Waals surface area contributed by atoms with Gasteiger partial charge in [0, 0.05) is 32.4 Å². The Hall–Kier alpha value is -2.24. The molecule has 1 fully saturated rings. The minimum atomic E-state index is 0. The molecule has 0 atom stereocenters. The molecule has 1 aromatic carbocycles. The lowest BCUT2D eigenvalue weighted by Crippen LogP contribution is -2.37. The third-order valence-corrected chi connectivity index (χ3v) is 5.10. The zero-order valence-electron chi connectivity index (χ0n) is 17.8. The second-order valence-electron chi connectivity index (χ2n) is 7.30. The number of guanidine groups is 1. The summed E-state index contributed by atoms with van der Waals surface area (Å²) in [6.07, 6.45) is 1.97. The highest BCUT2D eigenvalue weighted by molar-refractivity contribution is 14.0. The number of rotatable bonds is 7. The molecule has 9 heteroatoms. The number of nitrogens with zero attached hydrogens (tertiary/aromatic N) is 5. The third-order valence-electron chi connectivity index (χ3n) is 5.10. The summed E-state index contributed by atoms with van der Waals surface area (Å²) in [5, 5.41) is 15.1. The molecule has 3 heterocycles. The van der Waals surface area contributed by atoms with Crippen molar-refractivity contribution in [2.45, 2.75) is 26.6 Å². The summed E-state index contributed by atoms with van der Waals surface area (Å²) < 4.78 is 7.39. The van der Waals surface area contributed by atoms with Crippen LogP contribution in [0.1, 0.15) is 23.9 Å². The number of nitrogens with one attached hydrogen (secondary N) is 2. The lowest BCUT2D eigenvalue weighted by molar-refractivity contribution is 0.0342. The molecule has 166 valence electrons. The van der Waals surface area contributed by atoms with Crippen LogP contribution >= 0.6 is 24.0 Å². The van der Waals surface area contributed by atoms with E-state index in [0.29, 0.717) is 13.1 Å². The van der Waals surface area contributed by atoms with Crippen LogP contribution in [0.25, 0.3) is 5.65 Å². The molecule has 0 spiro atoms. The maximum atomic E-state index is 5.42. The number of pyridine rings is 1. The quantitative estimate of drug-likeness (QED) is 0.275. The molecule has 8 nitrogen and oxygen atoms in total. The first kappa shape index (κ1) is 23.4. The number of benzene rings is 1. The van der Waals surface area contributed by atoms with Gasteiger partial charge in [0.05, 0.1) is 26.3 Å². The number of hydrogen-bond donors (Lipinski definition) is 2. The zero-order chi connectivity index (χ0) is 20.6. The minimum absolute atomic E-state index is 0. The molecule has 0 saturated carbocycles. The third kappa shape index (κ3) is 6.62. The summed E-state index contributed by atoms with van der Waals surface area (Å²) >= 11 is 0. The molecular formula is C22H30IN7O. The van der Waals surface area contributed by atoms with Gasteiger partial charge in [0.1, 0.15) is 0 Å². The van der Waals surface area contributed by atoms with Gasteiger partial charge in [-0.2, -0.15) is 0 Å². The fraction of sp³-hybridized carbons (Fsp3) is 0.409. The smallest absolute Gasteiger partial charge is 0.191 e. The van der Waals surface area contributed by atoms with Gasteiger partial charge in [-0.05, 0) is 30.2 Å². The Morgan fingerprint density at radius 1 is 1.03 bits per heavy atom. The predicted octanol–water partition coefficient (Wildman–Crippen LogP) is 2.43. The lowest BCUT2D eigenvalue weighted by atomic mass is 10.1. The Morgan fingerprint density at radius 3 is 2.58 bits per heavy atom. The van der Waals surface area contributed by atoms with Crippen molar-refractivity contribution >= 4 is 35.6 Å². The number of aliphatic imine (C=N–C) groups is 1. The fourth-order valence-corrected chi connectivity index (χ4v) is 3.45. The standard InChI is InChI=1S/C22H29N7O.HI/c1-2-23-22(25-16-21-27-26-20-5-3-4-10-29(20)21)24-15-18-6-8-19(9-7-18)17-28-11-13-30-14-12-28;/h3-10H,2,11-17H2,1H3,(H2,23,24,25);1H. The highest BCUT2D eigenvalue weighted by Crippen LogP contribution is 2.10. The van der Waals surface area contributed by atoms with E-state index in [1.165, 1.54) is 11.1 Å². The van der Waals surface area contributed by atoms with Gasteiger partial charge in [0.2, 0.25) is 0 Å². The number of halogens is 1. The van der Waals surface area contributed by atoms with Crippen molar-refractivity contribution in [3.8, 4) is 0 Å². The molecule has 0 bridgehead atoms. The molecular weight excluding hydrogens is 505 g/mol. The van der Waals surface area contributed by atoms with Crippen LogP contribution in [-0.4, -0.2) is 58.3 Å². The van der Waals surface area contributed by atoms with Gasteiger partial charge in [-0.3, -0.25) is 9.30 Å². The van der Waals surface area contributed by atoms with Crippen LogP contribution in [0, 0.1) is 0 Å². The van der Waals surface area contributed by atoms with E-state index in [4.69, 9.17) is 9.73 Å². The number of fused-ring (bicyclic) bond motifs is 1. The molecule has 0 radical (unpaired) electrons. The summed E-state index contributed by atoms with van der Waals surface area (Å²) in [4.78, 5) is 7.15. The van der Waals surface area contributed by atoms with Crippen molar-refractivity contribution < 1.29 is 4.74 Å². The molecule has 2 aromatic heterocycles. The van der Waals surface area contributed by atoms with Gasteiger partial charge in [0.15, 0.2) is 17.4 Å². The topological polar surface area (TPSA) is 79.1 Å². The Bertz CT molecular complexity index is 967. The van der Waals surface area contributed by atoms with Gasteiger partial charge in [-0.1, -0.05) is 30.3 Å². The van der Waals surface area contributed by atoms with Crippen LogP contribution < -0.4 is 10.6 Å². The molecule has 4 rings (SSSR count). The van der Waals surface area contributed by atoms with E-state index in [1.54, 1.807) is 0 Å². The van der Waals surface area contributed by atoms with Crippen LogP contribution in [-0.2, 0) is 24.4 Å². The average Bonchev–Trinajstić information content (AvgIpc) is 3.20. The Balaban J connectivity index is 0.00000272. The van der Waals surface area contributed by atoms with Crippen molar-refractivity contribution in [3.63, 3.8) is 0 Å². The first-order valence-electron chi connectivity index (χ1n) is 10.5. The predicted molar refractivity (Wildman–Crippen MR) is 133 cm³/mol. The van der Waals surface area contributed by atoms with E-state index in [-0.39, 0.29) is 24.0 Å². The van der Waals surface area contributed by atoms with E-state index in [0.717, 1.165) is 56.8 Å². The van der Waals surface area contributed by atoms with E-state index >= 15 is 0 Å². The van der Waals surface area contributed by atoms with Gasteiger partial charge < -0.3 is 15.4 Å². The maximum absolute atomic E-state index is 5.42. The van der Waals surface area contributed by atoms with E-state index in [9.17, 15) is 0 Å². The molecule has 3 aromatic rings. The van der Waals surface area contributed by atoms with Gasteiger partial charge >= 0.3 is 0 Å². The van der Waals surface area contributed by atoms with E-state index in [2.05, 4.69) is 56.9 Å². The minimum Gasteiger partial charge on any atom is -0.379 e. The number of aromatic nitrogens is 3. The Labute approximate surface area is 200 Å². The molecule has 1 aliphatic heterocycles. The first-order valence-corrected chi connectivity index (χ1v) is 10.5. The zero-order valence-corrected chi connectivity index (χ0v) is 20.2. The van der Waals surface area contributed by atoms with Crippen molar-refractivity contribution in [1.82, 2.24) is 30.1 Å². The summed E-state index contributed by atoms with van der Waals surface area (Å²) in [5.41, 5.74) is 3.35. The highest BCUT2D eigenvalue weighted by Gasteiger charge is 2.10. The molecule has 2 N–H and O–H groups in total. The second-order valence-corrected chi connectivity index (χ2v) is 7.30. The molecule has 31 heavy (non-hydrogen) atoms. The summed E-state index contributed by atoms with van der Waals surface area (Å²) in [6.45, 7) is 8.67. The largest absolute Gasteiger partial charge is 0.379 e. The molecule has 1 aliphatic rings.